The summed E-state index contributed by atoms with van der Waals surface area (Å²) >= 11 is 0. The number of ether oxygens (including phenoxy) is 2. The van der Waals surface area contributed by atoms with Crippen LogP contribution in [0.15, 0.2) is 0 Å². The van der Waals surface area contributed by atoms with Crippen LogP contribution in [0.2, 0.25) is 0 Å². The van der Waals surface area contributed by atoms with Gasteiger partial charge in [0.25, 0.3) is 0 Å². The number of aliphatic hydroxyl groups excluding tert-OH is 2. The van der Waals surface area contributed by atoms with Crippen LogP contribution < -0.4 is 0 Å². The summed E-state index contributed by atoms with van der Waals surface area (Å²) in [7, 11) is 0. The van der Waals surface area contributed by atoms with E-state index in [1.807, 2.05) is 13.8 Å². The van der Waals surface area contributed by atoms with Gasteiger partial charge in [-0.1, -0.05) is 26.2 Å². The second-order valence-electron chi connectivity index (χ2n) is 4.40. The number of carbonyl (C=O) groups is 2. The van der Waals surface area contributed by atoms with Gasteiger partial charge in [-0.2, -0.15) is 0 Å². The standard InChI is InChI=1S/C10H18O4.C4H10O.C2H6O2/c1-2-3-4-5-8-14-10(13)7-6-9(11)12;1-3-5-4-2;3-1-2-4/h2-8H2,1H3,(H,11,12);3-4H2,1-2H3;3-4H,1-2H2. The fourth-order valence-corrected chi connectivity index (χ4v) is 1.20. The predicted octanol–water partition coefficient (Wildman–Crippen LogP) is 1.99. The highest BCUT2D eigenvalue weighted by Gasteiger charge is 2.05. The van der Waals surface area contributed by atoms with Crippen LogP contribution in [0.1, 0.15) is 59.3 Å². The lowest BCUT2D eigenvalue weighted by Crippen LogP contribution is -2.08. The van der Waals surface area contributed by atoms with Gasteiger partial charge >= 0.3 is 11.9 Å². The molecule has 3 N–H and O–H groups in total. The van der Waals surface area contributed by atoms with Crippen LogP contribution >= 0.6 is 0 Å². The minimum Gasteiger partial charge on any atom is -0.481 e. The van der Waals surface area contributed by atoms with Gasteiger partial charge in [0.1, 0.15) is 0 Å². The molecule has 0 aromatic carbocycles. The van der Waals surface area contributed by atoms with Gasteiger partial charge < -0.3 is 24.8 Å². The van der Waals surface area contributed by atoms with Gasteiger partial charge in [-0.3, -0.25) is 9.59 Å². The molecule has 0 aliphatic rings. The third kappa shape index (κ3) is 38.6. The smallest absolute Gasteiger partial charge is 0.306 e. The predicted molar refractivity (Wildman–Crippen MR) is 88.3 cm³/mol. The molecule has 0 heterocycles. The Kier molecular flexibility index (Phi) is 29.9. The van der Waals surface area contributed by atoms with Crippen molar-refractivity contribution in [2.75, 3.05) is 33.0 Å². The number of hydrogen-bond acceptors (Lipinski definition) is 6. The van der Waals surface area contributed by atoms with E-state index in [9.17, 15) is 9.59 Å². The zero-order valence-electron chi connectivity index (χ0n) is 14.8. The largest absolute Gasteiger partial charge is 0.481 e. The van der Waals surface area contributed by atoms with Crippen molar-refractivity contribution in [3.05, 3.63) is 0 Å². The summed E-state index contributed by atoms with van der Waals surface area (Å²) in [6, 6.07) is 0. The Morgan fingerprint density at radius 2 is 1.43 bits per heavy atom. The summed E-state index contributed by atoms with van der Waals surface area (Å²) in [5.74, 6) is -1.38. The normalized spacial score (nSPS) is 9.09. The molecule has 0 aliphatic carbocycles. The SMILES string of the molecule is CCCCCCOC(=O)CCC(=O)O.CCOCC.OCCO. The lowest BCUT2D eigenvalue weighted by atomic mass is 10.2. The maximum absolute atomic E-state index is 10.9. The number of carboxylic acid groups (broad SMARTS) is 1. The zero-order valence-corrected chi connectivity index (χ0v) is 14.8. The Balaban J connectivity index is -0.000000365. The first-order valence-electron chi connectivity index (χ1n) is 8.16. The highest BCUT2D eigenvalue weighted by atomic mass is 16.5. The van der Waals surface area contributed by atoms with E-state index in [0.717, 1.165) is 38.9 Å². The van der Waals surface area contributed by atoms with Crippen LogP contribution in [0.4, 0.5) is 0 Å². The number of esters is 1. The van der Waals surface area contributed by atoms with Crippen molar-refractivity contribution in [1.82, 2.24) is 0 Å². The Hall–Kier alpha value is -1.18. The van der Waals surface area contributed by atoms with Crippen molar-refractivity contribution in [2.24, 2.45) is 0 Å². The van der Waals surface area contributed by atoms with Crippen molar-refractivity contribution in [3.63, 3.8) is 0 Å². The fourth-order valence-electron chi connectivity index (χ4n) is 1.20. The monoisotopic (exact) mass is 338 g/mol. The average Bonchev–Trinajstić information content (AvgIpc) is 2.54. The Labute approximate surface area is 139 Å². The van der Waals surface area contributed by atoms with E-state index < -0.39 is 11.9 Å². The van der Waals surface area contributed by atoms with Crippen LogP contribution in [0.3, 0.4) is 0 Å². The third-order valence-electron chi connectivity index (χ3n) is 2.31. The lowest BCUT2D eigenvalue weighted by Gasteiger charge is -2.02. The molecular weight excluding hydrogens is 304 g/mol. The number of unbranched alkanes of at least 4 members (excludes halogenated alkanes) is 3. The van der Waals surface area contributed by atoms with E-state index >= 15 is 0 Å². The van der Waals surface area contributed by atoms with Gasteiger partial charge in [0.15, 0.2) is 0 Å². The van der Waals surface area contributed by atoms with Gasteiger partial charge in [-0.25, -0.2) is 0 Å². The molecule has 0 aromatic rings. The highest BCUT2D eigenvalue weighted by molar-refractivity contribution is 5.76. The molecule has 140 valence electrons. The van der Waals surface area contributed by atoms with Gasteiger partial charge in [-0.15, -0.1) is 0 Å². The summed E-state index contributed by atoms with van der Waals surface area (Å²) in [6.07, 6.45) is 4.05. The molecule has 0 rings (SSSR count). The molecule has 0 atom stereocenters. The Morgan fingerprint density at radius 3 is 1.78 bits per heavy atom. The molecular formula is C16H34O7. The molecule has 7 heteroatoms. The topological polar surface area (TPSA) is 113 Å². The molecule has 0 saturated carbocycles. The second-order valence-corrected chi connectivity index (χ2v) is 4.40. The first-order valence-corrected chi connectivity index (χ1v) is 8.16. The number of carbonyl (C=O) groups excluding carboxylic acids is 1. The number of rotatable bonds is 11. The van der Waals surface area contributed by atoms with Crippen LogP contribution in [0.5, 0.6) is 0 Å². The second kappa shape index (κ2) is 25.8. The zero-order chi connectivity index (χ0) is 18.3. The maximum Gasteiger partial charge on any atom is 0.306 e. The number of carboxylic acids is 1. The van der Waals surface area contributed by atoms with Gasteiger partial charge in [-0.05, 0) is 20.3 Å². The van der Waals surface area contributed by atoms with Crippen molar-refractivity contribution < 1.29 is 34.4 Å². The molecule has 0 bridgehead atoms. The molecule has 0 unspecified atom stereocenters. The fraction of sp³-hybridized carbons (Fsp3) is 0.875. The minimum absolute atomic E-state index is 0.0247. The summed E-state index contributed by atoms with van der Waals surface area (Å²) in [5, 5.41) is 23.5. The van der Waals surface area contributed by atoms with Gasteiger partial charge in [0.2, 0.25) is 0 Å². The summed E-state index contributed by atoms with van der Waals surface area (Å²) < 4.78 is 9.67. The molecule has 0 aromatic heterocycles. The first-order chi connectivity index (χ1) is 11.0. The van der Waals surface area contributed by atoms with E-state index in [0.29, 0.717) is 6.61 Å². The first kappa shape index (κ1) is 26.7. The molecule has 0 radical (unpaired) electrons. The van der Waals surface area contributed by atoms with E-state index in [2.05, 4.69) is 6.92 Å². The number of aliphatic carboxylic acids is 1. The van der Waals surface area contributed by atoms with E-state index in [-0.39, 0.29) is 26.1 Å². The van der Waals surface area contributed by atoms with Crippen LogP contribution in [0, 0.1) is 0 Å². The van der Waals surface area contributed by atoms with Gasteiger partial charge in [0.05, 0.1) is 32.7 Å². The summed E-state index contributed by atoms with van der Waals surface area (Å²) in [6.45, 7) is 7.94. The lowest BCUT2D eigenvalue weighted by molar-refractivity contribution is -0.147. The molecule has 7 nitrogen and oxygen atoms in total. The van der Waals surface area contributed by atoms with Crippen molar-refractivity contribution in [1.29, 1.82) is 0 Å². The molecule has 23 heavy (non-hydrogen) atoms. The van der Waals surface area contributed by atoms with Crippen LogP contribution in [-0.4, -0.2) is 60.3 Å². The molecule has 0 spiro atoms. The van der Waals surface area contributed by atoms with Gasteiger partial charge in [0, 0.05) is 13.2 Å². The molecule has 0 aliphatic heterocycles. The Morgan fingerprint density at radius 1 is 0.870 bits per heavy atom. The molecule has 0 amide bonds. The average molecular weight is 338 g/mol. The van der Waals surface area contributed by atoms with Crippen molar-refractivity contribution in [3.8, 4) is 0 Å². The Bertz CT molecular complexity index is 241. The van der Waals surface area contributed by atoms with Crippen molar-refractivity contribution in [2.45, 2.75) is 59.3 Å². The summed E-state index contributed by atoms with van der Waals surface area (Å²) in [4.78, 5) is 21.0. The molecule has 0 fully saturated rings. The third-order valence-corrected chi connectivity index (χ3v) is 2.31. The van der Waals surface area contributed by atoms with Crippen LogP contribution in [-0.2, 0) is 19.1 Å². The highest BCUT2D eigenvalue weighted by Crippen LogP contribution is 2.00. The quantitative estimate of drug-likeness (QED) is 0.390. The van der Waals surface area contributed by atoms with E-state index in [1.54, 1.807) is 0 Å². The van der Waals surface area contributed by atoms with E-state index in [4.69, 9.17) is 24.8 Å². The summed E-state index contributed by atoms with van der Waals surface area (Å²) in [5.41, 5.74) is 0. The van der Waals surface area contributed by atoms with E-state index in [1.165, 1.54) is 0 Å². The number of aliphatic hydroxyl groups is 2. The number of hydrogen-bond donors (Lipinski definition) is 3. The van der Waals surface area contributed by atoms with Crippen molar-refractivity contribution >= 4 is 11.9 Å². The maximum atomic E-state index is 10.9. The molecule has 0 saturated heterocycles. The minimum atomic E-state index is -0.965. The van der Waals surface area contributed by atoms with Crippen LogP contribution in [0.25, 0.3) is 0 Å².